The third-order valence-electron chi connectivity index (χ3n) is 4.90. The average Bonchev–Trinajstić information content (AvgIpc) is 3.26. The Bertz CT molecular complexity index is 1150. The Labute approximate surface area is 198 Å². The fourth-order valence-corrected chi connectivity index (χ4v) is 5.27. The maximum Gasteiger partial charge on any atom is 0.322 e. The van der Waals surface area contributed by atoms with Gasteiger partial charge >= 0.3 is 6.01 Å². The Morgan fingerprint density at radius 1 is 1.00 bits per heavy atom. The van der Waals surface area contributed by atoms with Crippen LogP contribution in [0.15, 0.2) is 62.7 Å². The third kappa shape index (κ3) is 6.43. The molecule has 33 heavy (non-hydrogen) atoms. The maximum atomic E-state index is 12.9. The summed E-state index contributed by atoms with van der Waals surface area (Å²) in [4.78, 5) is 13.9. The molecule has 3 rings (SSSR count). The van der Waals surface area contributed by atoms with Crippen LogP contribution < -0.4 is 5.32 Å². The Morgan fingerprint density at radius 2 is 1.64 bits per heavy atom. The fourth-order valence-electron chi connectivity index (χ4n) is 3.24. The molecule has 8 nitrogen and oxygen atoms in total. The molecule has 0 saturated carbocycles. The number of rotatable bonds is 11. The molecule has 0 bridgehead atoms. The summed E-state index contributed by atoms with van der Waals surface area (Å²) < 4.78 is 32.7. The topological polar surface area (TPSA) is 105 Å². The standard InChI is InChI=1S/C23H28N4O4S2/c1-4-14-27(15-5-2)33(29,30)20-12-8-18(9-13-20)22(28)24-23-26-25-21(31-23)16-17-6-10-19(32-3)11-7-17/h6-13H,4-5,14-16H2,1-3H3,(H,24,26,28). The van der Waals surface area contributed by atoms with E-state index in [1.165, 1.54) is 33.5 Å². The molecule has 0 saturated heterocycles. The van der Waals surface area contributed by atoms with Crippen molar-refractivity contribution in [3.63, 3.8) is 0 Å². The molecule has 0 radical (unpaired) electrons. The number of anilines is 1. The second-order valence-corrected chi connectivity index (χ2v) is 10.2. The van der Waals surface area contributed by atoms with Crippen molar-refractivity contribution < 1.29 is 17.6 Å². The molecule has 0 spiro atoms. The van der Waals surface area contributed by atoms with Crippen LogP contribution >= 0.6 is 11.8 Å². The van der Waals surface area contributed by atoms with Crippen LogP contribution in [0.1, 0.15) is 48.5 Å². The summed E-state index contributed by atoms with van der Waals surface area (Å²) in [6.07, 6.45) is 3.93. The zero-order valence-electron chi connectivity index (χ0n) is 18.9. The maximum absolute atomic E-state index is 12.9. The molecule has 1 heterocycles. The van der Waals surface area contributed by atoms with Gasteiger partial charge in [0.05, 0.1) is 11.3 Å². The lowest BCUT2D eigenvalue weighted by Gasteiger charge is -2.21. The van der Waals surface area contributed by atoms with E-state index in [4.69, 9.17) is 4.42 Å². The van der Waals surface area contributed by atoms with Gasteiger partial charge in [0.1, 0.15) is 0 Å². The van der Waals surface area contributed by atoms with Crippen molar-refractivity contribution >= 4 is 33.7 Å². The molecular weight excluding hydrogens is 460 g/mol. The SMILES string of the molecule is CCCN(CCC)S(=O)(=O)c1ccc(C(=O)Nc2nnc(Cc3ccc(SC)cc3)o2)cc1. The molecule has 3 aromatic rings. The van der Waals surface area contributed by atoms with Gasteiger partial charge in [0, 0.05) is 23.5 Å². The predicted octanol–water partition coefficient (Wildman–Crippen LogP) is 4.45. The quantitative estimate of drug-likeness (QED) is 0.398. The summed E-state index contributed by atoms with van der Waals surface area (Å²) in [7, 11) is -3.60. The van der Waals surface area contributed by atoms with Gasteiger partial charge in [-0.05, 0) is 61.1 Å². The molecule has 10 heteroatoms. The summed E-state index contributed by atoms with van der Waals surface area (Å²) in [5, 5.41) is 10.4. The molecule has 0 fully saturated rings. The fraction of sp³-hybridized carbons (Fsp3) is 0.348. The molecule has 0 aliphatic heterocycles. The van der Waals surface area contributed by atoms with Crippen LogP contribution in [0.2, 0.25) is 0 Å². The number of carbonyl (C=O) groups is 1. The van der Waals surface area contributed by atoms with Gasteiger partial charge in [-0.25, -0.2) is 8.42 Å². The number of hydrogen-bond acceptors (Lipinski definition) is 7. The first-order chi connectivity index (χ1) is 15.9. The van der Waals surface area contributed by atoms with Crippen LogP contribution in [-0.2, 0) is 16.4 Å². The van der Waals surface area contributed by atoms with Crippen LogP contribution in [0.3, 0.4) is 0 Å². The molecule has 0 atom stereocenters. The predicted molar refractivity (Wildman–Crippen MR) is 129 cm³/mol. The highest BCUT2D eigenvalue weighted by atomic mass is 32.2. The van der Waals surface area contributed by atoms with Gasteiger partial charge < -0.3 is 4.42 Å². The lowest BCUT2D eigenvalue weighted by atomic mass is 10.1. The number of amides is 1. The van der Waals surface area contributed by atoms with E-state index in [-0.39, 0.29) is 10.9 Å². The molecule has 0 unspecified atom stereocenters. The summed E-state index contributed by atoms with van der Waals surface area (Å²) in [5.74, 6) is -0.0759. The molecule has 176 valence electrons. The Balaban J connectivity index is 1.65. The Kier molecular flexibility index (Phi) is 8.65. The first-order valence-electron chi connectivity index (χ1n) is 10.7. The van der Waals surface area contributed by atoms with E-state index in [2.05, 4.69) is 15.5 Å². The third-order valence-corrected chi connectivity index (χ3v) is 7.56. The van der Waals surface area contributed by atoms with Crippen molar-refractivity contribution in [3.8, 4) is 0 Å². The second kappa shape index (κ2) is 11.4. The molecule has 2 aromatic carbocycles. The van der Waals surface area contributed by atoms with Gasteiger partial charge in [0.2, 0.25) is 15.9 Å². The van der Waals surface area contributed by atoms with E-state index in [1.54, 1.807) is 11.8 Å². The molecule has 1 aromatic heterocycles. The lowest BCUT2D eigenvalue weighted by molar-refractivity contribution is 0.102. The normalized spacial score (nSPS) is 11.6. The van der Waals surface area contributed by atoms with E-state index in [1.807, 2.05) is 44.4 Å². The first-order valence-corrected chi connectivity index (χ1v) is 13.4. The van der Waals surface area contributed by atoms with Gasteiger partial charge in [-0.3, -0.25) is 10.1 Å². The minimum atomic E-state index is -3.60. The Morgan fingerprint density at radius 3 is 2.21 bits per heavy atom. The minimum absolute atomic E-state index is 0.00972. The number of aromatic nitrogens is 2. The van der Waals surface area contributed by atoms with Crippen molar-refractivity contribution in [2.24, 2.45) is 0 Å². The summed E-state index contributed by atoms with van der Waals surface area (Å²) >= 11 is 1.67. The van der Waals surface area contributed by atoms with Crippen molar-refractivity contribution in [1.29, 1.82) is 0 Å². The number of carbonyl (C=O) groups excluding carboxylic acids is 1. The van der Waals surface area contributed by atoms with E-state index in [9.17, 15) is 13.2 Å². The largest absolute Gasteiger partial charge is 0.407 e. The van der Waals surface area contributed by atoms with E-state index < -0.39 is 15.9 Å². The smallest absolute Gasteiger partial charge is 0.322 e. The van der Waals surface area contributed by atoms with Gasteiger partial charge in [-0.2, -0.15) is 4.31 Å². The number of nitrogens with zero attached hydrogens (tertiary/aromatic N) is 3. The number of benzene rings is 2. The second-order valence-electron chi connectivity index (χ2n) is 7.41. The van der Waals surface area contributed by atoms with E-state index in [0.717, 1.165) is 18.4 Å². The molecule has 0 aliphatic rings. The van der Waals surface area contributed by atoms with Gasteiger partial charge in [0.25, 0.3) is 5.91 Å². The highest BCUT2D eigenvalue weighted by Gasteiger charge is 2.23. The summed E-state index contributed by atoms with van der Waals surface area (Å²) in [5.41, 5.74) is 1.31. The monoisotopic (exact) mass is 488 g/mol. The van der Waals surface area contributed by atoms with Crippen LogP contribution in [0, 0.1) is 0 Å². The number of thioether (sulfide) groups is 1. The number of sulfonamides is 1. The summed E-state index contributed by atoms with van der Waals surface area (Å²) in [6, 6.07) is 13.9. The van der Waals surface area contributed by atoms with Crippen molar-refractivity contribution in [2.45, 2.75) is 42.9 Å². The minimum Gasteiger partial charge on any atom is -0.407 e. The molecule has 1 amide bonds. The number of hydrogen-bond donors (Lipinski definition) is 1. The van der Waals surface area contributed by atoms with Crippen molar-refractivity contribution in [3.05, 3.63) is 65.5 Å². The highest BCUT2D eigenvalue weighted by molar-refractivity contribution is 7.98. The van der Waals surface area contributed by atoms with Crippen LogP contribution in [-0.4, -0.2) is 48.2 Å². The highest BCUT2D eigenvalue weighted by Crippen LogP contribution is 2.19. The molecular formula is C23H28N4O4S2. The van der Waals surface area contributed by atoms with E-state index in [0.29, 0.717) is 31.0 Å². The lowest BCUT2D eigenvalue weighted by Crippen LogP contribution is -2.32. The van der Waals surface area contributed by atoms with Gasteiger partial charge in [-0.15, -0.1) is 16.9 Å². The van der Waals surface area contributed by atoms with Gasteiger partial charge in [0.15, 0.2) is 0 Å². The van der Waals surface area contributed by atoms with Crippen LogP contribution in [0.25, 0.3) is 0 Å². The first kappa shape index (κ1) is 24.9. The zero-order chi connectivity index (χ0) is 23.8. The summed E-state index contributed by atoms with van der Waals surface area (Å²) in [6.45, 7) is 4.80. The van der Waals surface area contributed by atoms with Crippen molar-refractivity contribution in [2.75, 3.05) is 24.7 Å². The molecule has 0 aliphatic carbocycles. The Hall–Kier alpha value is -2.69. The molecule has 1 N–H and O–H groups in total. The van der Waals surface area contributed by atoms with Crippen LogP contribution in [0.5, 0.6) is 0 Å². The van der Waals surface area contributed by atoms with E-state index >= 15 is 0 Å². The van der Waals surface area contributed by atoms with Crippen molar-refractivity contribution in [1.82, 2.24) is 14.5 Å². The van der Waals surface area contributed by atoms with Gasteiger partial charge in [-0.1, -0.05) is 31.1 Å². The number of nitrogens with one attached hydrogen (secondary N) is 1. The average molecular weight is 489 g/mol. The zero-order valence-corrected chi connectivity index (χ0v) is 20.6. The van der Waals surface area contributed by atoms with Crippen LogP contribution in [0.4, 0.5) is 6.01 Å².